The number of hydrogen-bond acceptors (Lipinski definition) is 3. The number of carbonyl (C=O) groups excluding carboxylic acids is 1. The highest BCUT2D eigenvalue weighted by atomic mass is 16.5. The first-order valence-corrected chi connectivity index (χ1v) is 5.52. The SMILES string of the molecule is COc1cc(C)c(C)cc1C(CO)NC(C)=O. The molecule has 0 fully saturated rings. The van der Waals surface area contributed by atoms with Crippen molar-refractivity contribution in [3.05, 3.63) is 28.8 Å². The molecule has 1 aromatic rings. The summed E-state index contributed by atoms with van der Waals surface area (Å²) in [4.78, 5) is 11.1. The number of methoxy groups -OCH3 is 1. The van der Waals surface area contributed by atoms with Crippen LogP contribution in [0.5, 0.6) is 5.75 Å². The van der Waals surface area contributed by atoms with E-state index in [2.05, 4.69) is 5.32 Å². The van der Waals surface area contributed by atoms with Gasteiger partial charge in [-0.3, -0.25) is 4.79 Å². The van der Waals surface area contributed by atoms with Crippen LogP contribution in [-0.4, -0.2) is 24.7 Å². The number of rotatable bonds is 4. The minimum absolute atomic E-state index is 0.154. The zero-order valence-corrected chi connectivity index (χ0v) is 10.7. The molecule has 2 N–H and O–H groups in total. The fourth-order valence-corrected chi connectivity index (χ4v) is 1.73. The van der Waals surface area contributed by atoms with E-state index < -0.39 is 6.04 Å². The first-order chi connectivity index (χ1) is 7.99. The smallest absolute Gasteiger partial charge is 0.217 e. The second kappa shape index (κ2) is 5.68. The van der Waals surface area contributed by atoms with Crippen LogP contribution in [0, 0.1) is 13.8 Å². The fraction of sp³-hybridized carbons (Fsp3) is 0.462. The Morgan fingerprint density at radius 2 is 2.00 bits per heavy atom. The molecule has 1 amide bonds. The number of amides is 1. The number of aliphatic hydroxyl groups excluding tert-OH is 1. The van der Waals surface area contributed by atoms with E-state index in [9.17, 15) is 9.90 Å². The Labute approximate surface area is 102 Å². The van der Waals surface area contributed by atoms with Crippen LogP contribution in [0.25, 0.3) is 0 Å². The van der Waals surface area contributed by atoms with Crippen LogP contribution in [0.2, 0.25) is 0 Å². The molecule has 0 aromatic heterocycles. The largest absolute Gasteiger partial charge is 0.496 e. The van der Waals surface area contributed by atoms with Crippen molar-refractivity contribution in [3.8, 4) is 5.75 Å². The summed E-state index contributed by atoms with van der Waals surface area (Å²) < 4.78 is 5.28. The van der Waals surface area contributed by atoms with Crippen molar-refractivity contribution in [1.29, 1.82) is 0 Å². The predicted molar refractivity (Wildman–Crippen MR) is 66.1 cm³/mol. The first-order valence-electron chi connectivity index (χ1n) is 5.52. The summed E-state index contributed by atoms with van der Waals surface area (Å²) in [5.41, 5.74) is 3.02. The van der Waals surface area contributed by atoms with Crippen molar-refractivity contribution in [2.75, 3.05) is 13.7 Å². The number of aliphatic hydroxyl groups is 1. The highest BCUT2D eigenvalue weighted by Gasteiger charge is 2.17. The summed E-state index contributed by atoms with van der Waals surface area (Å²) in [7, 11) is 1.58. The monoisotopic (exact) mass is 237 g/mol. The average molecular weight is 237 g/mol. The molecule has 94 valence electrons. The second-order valence-corrected chi connectivity index (χ2v) is 4.11. The molecule has 1 aromatic carbocycles. The van der Waals surface area contributed by atoms with Gasteiger partial charge in [0.25, 0.3) is 0 Å². The van der Waals surface area contributed by atoms with Gasteiger partial charge in [-0.25, -0.2) is 0 Å². The van der Waals surface area contributed by atoms with Crippen LogP contribution < -0.4 is 10.1 Å². The first kappa shape index (κ1) is 13.5. The average Bonchev–Trinajstić information content (AvgIpc) is 2.28. The standard InChI is InChI=1S/C13H19NO3/c1-8-5-11(12(7-15)14-10(3)16)13(17-4)6-9(8)2/h5-6,12,15H,7H2,1-4H3,(H,14,16). The molecule has 1 atom stereocenters. The Hall–Kier alpha value is -1.55. The van der Waals surface area contributed by atoms with Crippen LogP contribution >= 0.6 is 0 Å². The number of ether oxygens (including phenoxy) is 1. The number of carbonyl (C=O) groups is 1. The molecule has 0 aliphatic carbocycles. The van der Waals surface area contributed by atoms with Gasteiger partial charge in [0.05, 0.1) is 19.8 Å². The molecule has 0 aliphatic heterocycles. The predicted octanol–water partition coefficient (Wildman–Crippen LogP) is 1.48. The molecule has 1 rings (SSSR count). The van der Waals surface area contributed by atoms with Gasteiger partial charge in [0.1, 0.15) is 5.75 Å². The van der Waals surface area contributed by atoms with Crippen LogP contribution in [0.15, 0.2) is 12.1 Å². The van der Waals surface area contributed by atoms with Gasteiger partial charge in [-0.15, -0.1) is 0 Å². The van der Waals surface area contributed by atoms with E-state index >= 15 is 0 Å². The van der Waals surface area contributed by atoms with Crippen molar-refractivity contribution < 1.29 is 14.6 Å². The number of benzene rings is 1. The topological polar surface area (TPSA) is 58.6 Å². The highest BCUT2D eigenvalue weighted by molar-refractivity contribution is 5.73. The molecule has 0 heterocycles. The third kappa shape index (κ3) is 3.20. The summed E-state index contributed by atoms with van der Waals surface area (Å²) in [6.07, 6.45) is 0. The molecule has 0 saturated heterocycles. The van der Waals surface area contributed by atoms with Crippen molar-refractivity contribution in [3.63, 3.8) is 0 Å². The van der Waals surface area contributed by atoms with Crippen molar-refractivity contribution >= 4 is 5.91 Å². The van der Waals surface area contributed by atoms with E-state index in [-0.39, 0.29) is 12.5 Å². The van der Waals surface area contributed by atoms with Gasteiger partial charge in [-0.2, -0.15) is 0 Å². The quantitative estimate of drug-likeness (QED) is 0.834. The van der Waals surface area contributed by atoms with E-state index in [0.29, 0.717) is 5.75 Å². The Morgan fingerprint density at radius 3 is 2.47 bits per heavy atom. The van der Waals surface area contributed by atoms with Crippen LogP contribution in [0.1, 0.15) is 29.7 Å². The molecule has 1 unspecified atom stereocenters. The fourth-order valence-electron chi connectivity index (χ4n) is 1.73. The Kier molecular flexibility index (Phi) is 4.52. The number of nitrogens with one attached hydrogen (secondary N) is 1. The minimum atomic E-state index is -0.429. The Morgan fingerprint density at radius 1 is 1.41 bits per heavy atom. The zero-order valence-electron chi connectivity index (χ0n) is 10.7. The van der Waals surface area contributed by atoms with Gasteiger partial charge in [0, 0.05) is 12.5 Å². The molecule has 0 saturated carbocycles. The van der Waals surface area contributed by atoms with E-state index in [1.807, 2.05) is 26.0 Å². The molecule has 17 heavy (non-hydrogen) atoms. The minimum Gasteiger partial charge on any atom is -0.496 e. The van der Waals surface area contributed by atoms with E-state index in [1.54, 1.807) is 7.11 Å². The lowest BCUT2D eigenvalue weighted by Gasteiger charge is -2.20. The number of aryl methyl sites for hydroxylation is 2. The third-order valence-electron chi connectivity index (χ3n) is 2.78. The molecule has 4 heteroatoms. The normalized spacial score (nSPS) is 12.1. The molecule has 0 aliphatic rings. The van der Waals surface area contributed by atoms with E-state index in [0.717, 1.165) is 16.7 Å². The Bertz CT molecular complexity index is 415. The molecular weight excluding hydrogens is 218 g/mol. The molecule has 0 spiro atoms. The summed E-state index contributed by atoms with van der Waals surface area (Å²) in [6.45, 7) is 5.25. The number of hydrogen-bond donors (Lipinski definition) is 2. The molecule has 0 radical (unpaired) electrons. The lowest BCUT2D eigenvalue weighted by molar-refractivity contribution is -0.120. The van der Waals surface area contributed by atoms with Gasteiger partial charge in [-0.1, -0.05) is 0 Å². The van der Waals surface area contributed by atoms with Gasteiger partial charge >= 0.3 is 0 Å². The summed E-state index contributed by atoms with van der Waals surface area (Å²) in [6, 6.07) is 3.42. The zero-order chi connectivity index (χ0) is 13.0. The summed E-state index contributed by atoms with van der Waals surface area (Å²) in [5, 5.41) is 12.0. The van der Waals surface area contributed by atoms with Gasteiger partial charge in [0.2, 0.25) is 5.91 Å². The van der Waals surface area contributed by atoms with Crippen LogP contribution in [-0.2, 0) is 4.79 Å². The van der Waals surface area contributed by atoms with Gasteiger partial charge in [0.15, 0.2) is 0 Å². The molecular formula is C13H19NO3. The van der Waals surface area contributed by atoms with Gasteiger partial charge < -0.3 is 15.2 Å². The van der Waals surface area contributed by atoms with Crippen LogP contribution in [0.3, 0.4) is 0 Å². The molecule has 4 nitrogen and oxygen atoms in total. The lowest BCUT2D eigenvalue weighted by atomic mass is 10.00. The van der Waals surface area contributed by atoms with Crippen molar-refractivity contribution in [2.45, 2.75) is 26.8 Å². The maximum Gasteiger partial charge on any atom is 0.217 e. The van der Waals surface area contributed by atoms with E-state index in [1.165, 1.54) is 6.92 Å². The lowest BCUT2D eigenvalue weighted by Crippen LogP contribution is -2.29. The van der Waals surface area contributed by atoms with Crippen molar-refractivity contribution in [1.82, 2.24) is 5.32 Å². The third-order valence-corrected chi connectivity index (χ3v) is 2.78. The summed E-state index contributed by atoms with van der Waals surface area (Å²) >= 11 is 0. The van der Waals surface area contributed by atoms with E-state index in [4.69, 9.17) is 4.74 Å². The van der Waals surface area contributed by atoms with Gasteiger partial charge in [-0.05, 0) is 37.1 Å². The highest BCUT2D eigenvalue weighted by Crippen LogP contribution is 2.28. The molecule has 0 bridgehead atoms. The maximum atomic E-state index is 11.1. The van der Waals surface area contributed by atoms with Crippen molar-refractivity contribution in [2.24, 2.45) is 0 Å². The summed E-state index contributed by atoms with van der Waals surface area (Å²) in [5.74, 6) is 0.505. The second-order valence-electron chi connectivity index (χ2n) is 4.11. The maximum absolute atomic E-state index is 11.1. The van der Waals surface area contributed by atoms with Crippen LogP contribution in [0.4, 0.5) is 0 Å². The Balaban J connectivity index is 3.17.